The number of anilines is 1. The van der Waals surface area contributed by atoms with Crippen molar-refractivity contribution in [3.8, 4) is 0 Å². The highest BCUT2D eigenvalue weighted by Gasteiger charge is 2.22. The Morgan fingerprint density at radius 3 is 2.78 bits per heavy atom. The van der Waals surface area contributed by atoms with Crippen LogP contribution in [0.2, 0.25) is 0 Å². The van der Waals surface area contributed by atoms with Crippen molar-refractivity contribution in [2.24, 2.45) is 5.73 Å². The van der Waals surface area contributed by atoms with E-state index in [1.807, 2.05) is 12.3 Å². The molecule has 0 aliphatic carbocycles. The van der Waals surface area contributed by atoms with E-state index in [1.165, 1.54) is 31.6 Å². The van der Waals surface area contributed by atoms with E-state index in [1.54, 1.807) is 0 Å². The molecule has 0 bridgehead atoms. The van der Waals surface area contributed by atoms with Gasteiger partial charge in [-0.15, -0.1) is 0 Å². The predicted molar refractivity (Wildman–Crippen MR) is 75.7 cm³/mol. The van der Waals surface area contributed by atoms with E-state index >= 15 is 0 Å². The summed E-state index contributed by atoms with van der Waals surface area (Å²) in [6.45, 7) is 6.30. The number of hydrogen-bond donors (Lipinski definition) is 1. The van der Waals surface area contributed by atoms with Gasteiger partial charge < -0.3 is 15.5 Å². The fourth-order valence-electron chi connectivity index (χ4n) is 2.73. The maximum atomic E-state index is 5.76. The largest absolute Gasteiger partial charge is 0.370 e. The maximum absolute atomic E-state index is 5.76. The van der Waals surface area contributed by atoms with Crippen molar-refractivity contribution in [1.29, 1.82) is 0 Å². The number of aromatic nitrogens is 1. The molecule has 1 saturated heterocycles. The Bertz CT molecular complexity index is 372. The molecule has 0 spiro atoms. The van der Waals surface area contributed by atoms with Crippen molar-refractivity contribution in [3.05, 3.63) is 24.0 Å². The topological polar surface area (TPSA) is 45.4 Å². The number of hydrogen-bond acceptors (Lipinski definition) is 4. The van der Waals surface area contributed by atoms with Crippen molar-refractivity contribution >= 4 is 5.69 Å². The summed E-state index contributed by atoms with van der Waals surface area (Å²) in [5.41, 5.74) is 7.95. The van der Waals surface area contributed by atoms with Gasteiger partial charge in [-0.3, -0.25) is 4.98 Å². The van der Waals surface area contributed by atoms with Crippen LogP contribution in [-0.4, -0.2) is 42.6 Å². The lowest BCUT2D eigenvalue weighted by molar-refractivity contribution is 0.220. The summed E-state index contributed by atoms with van der Waals surface area (Å²) in [5.74, 6) is 0. The molecule has 2 N–H and O–H groups in total. The smallest absolute Gasteiger partial charge is 0.0772 e. The third-order valence-corrected chi connectivity index (χ3v) is 3.99. The van der Waals surface area contributed by atoms with Crippen LogP contribution in [0.3, 0.4) is 0 Å². The van der Waals surface area contributed by atoms with E-state index in [0.717, 1.165) is 12.2 Å². The second-order valence-corrected chi connectivity index (χ2v) is 4.95. The fourth-order valence-corrected chi connectivity index (χ4v) is 2.73. The molecule has 100 valence electrons. The van der Waals surface area contributed by atoms with Gasteiger partial charge in [0.1, 0.15) is 0 Å². The van der Waals surface area contributed by atoms with Gasteiger partial charge >= 0.3 is 0 Å². The third-order valence-electron chi connectivity index (χ3n) is 3.99. The molecule has 2 heterocycles. The average molecular weight is 248 g/mol. The highest BCUT2D eigenvalue weighted by molar-refractivity contribution is 5.50. The molecule has 0 radical (unpaired) electrons. The maximum Gasteiger partial charge on any atom is 0.0772 e. The van der Waals surface area contributed by atoms with Crippen LogP contribution >= 0.6 is 0 Å². The molecule has 0 amide bonds. The third kappa shape index (κ3) is 2.82. The molecule has 0 aromatic carbocycles. The second-order valence-electron chi connectivity index (χ2n) is 4.95. The Labute approximate surface area is 110 Å². The summed E-state index contributed by atoms with van der Waals surface area (Å²) < 4.78 is 0. The van der Waals surface area contributed by atoms with Crippen LogP contribution in [0.4, 0.5) is 5.69 Å². The van der Waals surface area contributed by atoms with Gasteiger partial charge in [0.15, 0.2) is 0 Å². The lowest BCUT2D eigenvalue weighted by Gasteiger charge is -2.37. The normalized spacial score (nSPS) is 17.9. The first-order valence-electron chi connectivity index (χ1n) is 6.85. The van der Waals surface area contributed by atoms with Crippen LogP contribution in [-0.2, 0) is 6.54 Å². The van der Waals surface area contributed by atoms with Crippen LogP contribution in [0.5, 0.6) is 0 Å². The van der Waals surface area contributed by atoms with Gasteiger partial charge in [0.25, 0.3) is 0 Å². The number of pyridine rings is 1. The number of piperidine rings is 1. The van der Waals surface area contributed by atoms with Gasteiger partial charge in [-0.25, -0.2) is 0 Å². The number of nitrogens with zero attached hydrogens (tertiary/aromatic N) is 3. The Morgan fingerprint density at radius 1 is 1.44 bits per heavy atom. The zero-order valence-corrected chi connectivity index (χ0v) is 11.5. The van der Waals surface area contributed by atoms with Crippen molar-refractivity contribution in [2.45, 2.75) is 32.4 Å². The first-order chi connectivity index (χ1) is 8.76. The fraction of sp³-hybridized carbons (Fsp3) is 0.643. The summed E-state index contributed by atoms with van der Waals surface area (Å²) in [4.78, 5) is 9.24. The van der Waals surface area contributed by atoms with Gasteiger partial charge in [-0.1, -0.05) is 6.92 Å². The average Bonchev–Trinajstić information content (AvgIpc) is 2.46. The summed E-state index contributed by atoms with van der Waals surface area (Å²) in [6.07, 6.45) is 4.27. The molecule has 0 unspecified atom stereocenters. The SMILES string of the molecule is CCN1CCC(N(C)c2cccnc2CN)CC1. The number of nitrogens with two attached hydrogens (primary N) is 1. The lowest BCUT2D eigenvalue weighted by atomic mass is 10.0. The molecular weight excluding hydrogens is 224 g/mol. The standard InChI is InChI=1S/C14H24N4/c1-3-18-9-6-12(7-10-18)17(2)14-5-4-8-16-13(14)11-15/h4-5,8,12H,3,6-7,9-11,15H2,1-2H3. The molecule has 18 heavy (non-hydrogen) atoms. The second kappa shape index (κ2) is 6.16. The molecular formula is C14H24N4. The van der Waals surface area contributed by atoms with E-state index < -0.39 is 0 Å². The highest BCUT2D eigenvalue weighted by Crippen LogP contribution is 2.23. The van der Waals surface area contributed by atoms with Gasteiger partial charge in [0.2, 0.25) is 0 Å². The molecule has 1 aliphatic heterocycles. The first kappa shape index (κ1) is 13.3. The molecule has 0 atom stereocenters. The van der Waals surface area contributed by atoms with Crippen LogP contribution < -0.4 is 10.6 Å². The Morgan fingerprint density at radius 2 is 2.17 bits per heavy atom. The zero-order valence-electron chi connectivity index (χ0n) is 11.5. The first-order valence-corrected chi connectivity index (χ1v) is 6.85. The predicted octanol–water partition coefficient (Wildman–Crippen LogP) is 1.46. The summed E-state index contributed by atoms with van der Waals surface area (Å²) in [6, 6.07) is 4.73. The minimum atomic E-state index is 0.508. The summed E-state index contributed by atoms with van der Waals surface area (Å²) in [5, 5.41) is 0. The molecule has 1 aromatic heterocycles. The zero-order chi connectivity index (χ0) is 13.0. The highest BCUT2D eigenvalue weighted by atomic mass is 15.2. The number of likely N-dealkylation sites (tertiary alicyclic amines) is 1. The summed E-state index contributed by atoms with van der Waals surface area (Å²) >= 11 is 0. The van der Waals surface area contributed by atoms with E-state index in [9.17, 15) is 0 Å². The Hall–Kier alpha value is -1.13. The molecule has 2 rings (SSSR count). The van der Waals surface area contributed by atoms with Gasteiger partial charge in [0, 0.05) is 38.9 Å². The van der Waals surface area contributed by atoms with E-state index in [0.29, 0.717) is 12.6 Å². The van der Waals surface area contributed by atoms with Gasteiger partial charge in [0.05, 0.1) is 11.4 Å². The monoisotopic (exact) mass is 248 g/mol. The van der Waals surface area contributed by atoms with E-state index in [4.69, 9.17) is 5.73 Å². The molecule has 1 aromatic rings. The molecule has 1 fully saturated rings. The van der Waals surface area contributed by atoms with Gasteiger partial charge in [-0.2, -0.15) is 0 Å². The molecule has 0 saturated carbocycles. The van der Waals surface area contributed by atoms with Gasteiger partial charge in [-0.05, 0) is 31.5 Å². The quantitative estimate of drug-likeness (QED) is 0.876. The van der Waals surface area contributed by atoms with E-state index in [2.05, 4.69) is 34.8 Å². The Balaban J connectivity index is 2.05. The number of rotatable bonds is 4. The minimum absolute atomic E-state index is 0.508. The van der Waals surface area contributed by atoms with Crippen molar-refractivity contribution in [1.82, 2.24) is 9.88 Å². The molecule has 1 aliphatic rings. The van der Waals surface area contributed by atoms with Crippen molar-refractivity contribution in [2.75, 3.05) is 31.6 Å². The minimum Gasteiger partial charge on any atom is -0.370 e. The van der Waals surface area contributed by atoms with Crippen molar-refractivity contribution in [3.63, 3.8) is 0 Å². The van der Waals surface area contributed by atoms with E-state index in [-0.39, 0.29) is 0 Å². The van der Waals surface area contributed by atoms with Crippen LogP contribution in [0, 0.1) is 0 Å². The summed E-state index contributed by atoms with van der Waals surface area (Å²) in [7, 11) is 2.17. The molecule has 4 nitrogen and oxygen atoms in total. The lowest BCUT2D eigenvalue weighted by Crippen LogP contribution is -2.43. The molecule has 4 heteroatoms. The van der Waals surface area contributed by atoms with Crippen molar-refractivity contribution < 1.29 is 0 Å². The Kier molecular flexibility index (Phi) is 4.55. The van der Waals surface area contributed by atoms with Crippen LogP contribution in [0.15, 0.2) is 18.3 Å². The van der Waals surface area contributed by atoms with Crippen LogP contribution in [0.1, 0.15) is 25.5 Å². The van der Waals surface area contributed by atoms with Crippen LogP contribution in [0.25, 0.3) is 0 Å².